The number of rotatable bonds is 4. The minimum atomic E-state index is -0.335. The number of halogens is 1. The molecule has 34 heavy (non-hydrogen) atoms. The normalized spacial score (nSPS) is 18.6. The summed E-state index contributed by atoms with van der Waals surface area (Å²) in [5, 5.41) is 4.51. The molecular weight excluding hydrogens is 433 g/mol. The lowest BCUT2D eigenvalue weighted by Crippen LogP contribution is -2.39. The van der Waals surface area contributed by atoms with Gasteiger partial charge in [-0.3, -0.25) is 4.68 Å². The quantitative estimate of drug-likeness (QED) is 0.451. The predicted octanol–water partition coefficient (Wildman–Crippen LogP) is 4.26. The zero-order valence-corrected chi connectivity index (χ0v) is 19.5. The van der Waals surface area contributed by atoms with E-state index < -0.39 is 0 Å². The molecule has 4 heterocycles. The second-order valence-corrected chi connectivity index (χ2v) is 9.21. The first-order valence-corrected chi connectivity index (χ1v) is 11.7. The number of morpholine rings is 1. The van der Waals surface area contributed by atoms with Gasteiger partial charge in [0, 0.05) is 23.9 Å². The van der Waals surface area contributed by atoms with Gasteiger partial charge in [0.25, 0.3) is 0 Å². The third-order valence-electron chi connectivity index (χ3n) is 6.57. The first kappa shape index (κ1) is 21.1. The summed E-state index contributed by atoms with van der Waals surface area (Å²) >= 11 is 0. The van der Waals surface area contributed by atoms with E-state index in [2.05, 4.69) is 26.2 Å². The number of ether oxygens (including phenoxy) is 1. The molecule has 9 heteroatoms. The molecule has 1 saturated carbocycles. The lowest BCUT2D eigenvalue weighted by Gasteiger charge is -2.32. The van der Waals surface area contributed by atoms with Crippen LogP contribution in [0.2, 0.25) is 0 Å². The third kappa shape index (κ3) is 3.79. The summed E-state index contributed by atoms with van der Waals surface area (Å²) in [6.45, 7) is 7.40. The van der Waals surface area contributed by atoms with Crippen molar-refractivity contribution in [3.8, 4) is 11.3 Å². The van der Waals surface area contributed by atoms with Gasteiger partial charge in [0.05, 0.1) is 36.8 Å². The molecule has 0 radical (unpaired) electrons. The molecule has 2 fully saturated rings. The molecule has 6 rings (SSSR count). The Morgan fingerprint density at radius 1 is 1.03 bits per heavy atom. The Hall–Kier alpha value is -3.46. The molecule has 0 spiro atoms. The molecule has 0 unspecified atom stereocenters. The summed E-state index contributed by atoms with van der Waals surface area (Å²) in [7, 11) is 0. The van der Waals surface area contributed by atoms with Gasteiger partial charge in [0.1, 0.15) is 23.1 Å². The number of aromatic nitrogens is 6. The van der Waals surface area contributed by atoms with E-state index in [9.17, 15) is 0 Å². The van der Waals surface area contributed by atoms with Gasteiger partial charge < -0.3 is 9.64 Å². The van der Waals surface area contributed by atoms with E-state index in [1.807, 2.05) is 37.7 Å². The molecule has 1 saturated heterocycles. The highest BCUT2D eigenvalue weighted by Crippen LogP contribution is 2.36. The fourth-order valence-electron chi connectivity index (χ4n) is 4.33. The van der Waals surface area contributed by atoms with E-state index in [1.165, 1.54) is 18.9 Å². The summed E-state index contributed by atoms with van der Waals surface area (Å²) in [5.74, 6) is 0.168. The van der Waals surface area contributed by atoms with E-state index in [0.29, 0.717) is 54.1 Å². The highest BCUT2D eigenvalue weighted by molar-refractivity contribution is 5.88. The van der Waals surface area contributed by atoms with E-state index >= 15 is 4.39 Å². The van der Waals surface area contributed by atoms with Gasteiger partial charge in [0.15, 0.2) is 5.65 Å². The van der Waals surface area contributed by atoms with Crippen LogP contribution in [-0.2, 0) is 4.74 Å². The van der Waals surface area contributed by atoms with Crippen molar-refractivity contribution in [3.63, 3.8) is 0 Å². The monoisotopic (exact) mass is 459 g/mol. The zero-order chi connectivity index (χ0) is 23.4. The summed E-state index contributed by atoms with van der Waals surface area (Å²) in [6.07, 6.45) is 6.20. The second-order valence-electron chi connectivity index (χ2n) is 9.21. The van der Waals surface area contributed by atoms with Crippen LogP contribution in [0.3, 0.4) is 0 Å². The topological polar surface area (TPSA) is 81.9 Å². The van der Waals surface area contributed by atoms with E-state index in [4.69, 9.17) is 14.7 Å². The van der Waals surface area contributed by atoms with Crippen LogP contribution in [0.1, 0.15) is 47.5 Å². The Bertz CT molecular complexity index is 1400. The maximum Gasteiger partial charge on any atom is 0.228 e. The van der Waals surface area contributed by atoms with Crippen molar-refractivity contribution in [2.75, 3.05) is 24.6 Å². The molecule has 1 atom stereocenters. The van der Waals surface area contributed by atoms with Crippen LogP contribution in [0.15, 0.2) is 30.6 Å². The highest BCUT2D eigenvalue weighted by Gasteiger charge is 2.29. The average molecular weight is 460 g/mol. The maximum atomic E-state index is 15.0. The molecule has 0 amide bonds. The van der Waals surface area contributed by atoms with Crippen LogP contribution >= 0.6 is 0 Å². The van der Waals surface area contributed by atoms with Crippen LogP contribution in [0.4, 0.5) is 10.3 Å². The zero-order valence-electron chi connectivity index (χ0n) is 19.5. The fourth-order valence-corrected chi connectivity index (χ4v) is 4.33. The highest BCUT2D eigenvalue weighted by atomic mass is 19.1. The van der Waals surface area contributed by atoms with Gasteiger partial charge in [-0.15, -0.1) is 0 Å². The van der Waals surface area contributed by atoms with E-state index in [0.717, 1.165) is 22.5 Å². The Morgan fingerprint density at radius 3 is 2.65 bits per heavy atom. The molecule has 0 N–H and O–H groups in total. The minimum absolute atomic E-state index is 0.133. The first-order valence-electron chi connectivity index (χ1n) is 11.7. The molecule has 1 aliphatic heterocycles. The third-order valence-corrected chi connectivity index (χ3v) is 6.57. The van der Waals surface area contributed by atoms with E-state index in [-0.39, 0.29) is 11.9 Å². The summed E-state index contributed by atoms with van der Waals surface area (Å²) in [5.41, 5.74) is 5.29. The van der Waals surface area contributed by atoms with Gasteiger partial charge in [-0.2, -0.15) is 10.1 Å². The van der Waals surface area contributed by atoms with Crippen LogP contribution < -0.4 is 4.90 Å². The summed E-state index contributed by atoms with van der Waals surface area (Å²) in [4.78, 5) is 21.0. The number of hydrogen-bond donors (Lipinski definition) is 0. The Labute approximate surface area is 196 Å². The average Bonchev–Trinajstić information content (AvgIpc) is 3.56. The fraction of sp³-hybridized carbons (Fsp3) is 0.400. The largest absolute Gasteiger partial charge is 0.370 e. The SMILES string of the molecule is Cc1ccc(-c2nc(N3CCO[C@@H](c4cnn(C5CC5)c4)C3)nc3nc(C)c(C)nc23)c(F)c1. The lowest BCUT2D eigenvalue weighted by atomic mass is 10.1. The Balaban J connectivity index is 1.41. The Kier molecular flexibility index (Phi) is 5.02. The number of benzene rings is 1. The van der Waals surface area contributed by atoms with Crippen molar-refractivity contribution >= 4 is 17.1 Å². The van der Waals surface area contributed by atoms with Gasteiger partial charge in [-0.25, -0.2) is 19.3 Å². The summed E-state index contributed by atoms with van der Waals surface area (Å²) in [6, 6.07) is 5.67. The van der Waals surface area contributed by atoms with Crippen molar-refractivity contribution < 1.29 is 9.13 Å². The van der Waals surface area contributed by atoms with Crippen LogP contribution in [-0.4, -0.2) is 49.4 Å². The molecule has 8 nitrogen and oxygen atoms in total. The van der Waals surface area contributed by atoms with Crippen molar-refractivity contribution in [1.82, 2.24) is 29.7 Å². The van der Waals surface area contributed by atoms with Gasteiger partial charge in [-0.1, -0.05) is 6.07 Å². The second kappa shape index (κ2) is 8.09. The molecule has 1 aliphatic carbocycles. The number of nitrogens with zero attached hydrogens (tertiary/aromatic N) is 7. The molecule has 1 aromatic carbocycles. The maximum absolute atomic E-state index is 15.0. The molecule has 4 aromatic rings. The molecule has 0 bridgehead atoms. The summed E-state index contributed by atoms with van der Waals surface area (Å²) < 4.78 is 23.1. The van der Waals surface area contributed by atoms with Crippen LogP contribution in [0.5, 0.6) is 0 Å². The van der Waals surface area contributed by atoms with Crippen molar-refractivity contribution in [2.24, 2.45) is 0 Å². The number of fused-ring (bicyclic) bond motifs is 1. The van der Waals surface area contributed by atoms with Crippen LogP contribution in [0.25, 0.3) is 22.4 Å². The predicted molar refractivity (Wildman–Crippen MR) is 126 cm³/mol. The van der Waals surface area contributed by atoms with Crippen LogP contribution in [0, 0.1) is 26.6 Å². The van der Waals surface area contributed by atoms with E-state index in [1.54, 1.807) is 6.07 Å². The van der Waals surface area contributed by atoms with Crippen molar-refractivity contribution in [2.45, 2.75) is 45.8 Å². The van der Waals surface area contributed by atoms with Gasteiger partial charge in [-0.05, 0) is 51.3 Å². The standard InChI is InChI=1S/C25H26FN7O/c1-14-4-7-19(20(26)10-14)22-23-24(29-16(3)15(2)28-23)31-25(30-22)32-8-9-34-21(13-32)17-11-27-33(12-17)18-5-6-18/h4,7,10-12,18,21H,5-6,8-9,13H2,1-3H3/t21-/m1/s1. The molecule has 174 valence electrons. The van der Waals surface area contributed by atoms with Gasteiger partial charge >= 0.3 is 0 Å². The molecule has 3 aromatic heterocycles. The minimum Gasteiger partial charge on any atom is -0.370 e. The Morgan fingerprint density at radius 2 is 1.85 bits per heavy atom. The number of aryl methyl sites for hydroxylation is 3. The smallest absolute Gasteiger partial charge is 0.228 e. The molecule has 2 aliphatic rings. The first-order chi connectivity index (χ1) is 16.5. The number of anilines is 1. The number of hydrogen-bond acceptors (Lipinski definition) is 7. The van der Waals surface area contributed by atoms with Crippen molar-refractivity contribution in [3.05, 3.63) is 58.9 Å². The lowest BCUT2D eigenvalue weighted by molar-refractivity contribution is 0.0392. The van der Waals surface area contributed by atoms with Crippen molar-refractivity contribution in [1.29, 1.82) is 0 Å². The van der Waals surface area contributed by atoms with Gasteiger partial charge in [0.2, 0.25) is 5.95 Å². The molecular formula is C25H26FN7O.